The Labute approximate surface area is 214 Å². The molecule has 3 aromatic rings. The largest absolute Gasteiger partial charge is 0.493 e. The maximum atomic E-state index is 12.5. The fourth-order valence-electron chi connectivity index (χ4n) is 3.03. The second-order valence-corrected chi connectivity index (χ2v) is 9.41. The zero-order valence-electron chi connectivity index (χ0n) is 17.9. The summed E-state index contributed by atoms with van der Waals surface area (Å²) in [6.45, 7) is 0.341. The summed E-state index contributed by atoms with van der Waals surface area (Å²) in [5, 5.41) is 3.52. The van der Waals surface area contributed by atoms with Gasteiger partial charge in [-0.2, -0.15) is 4.99 Å². The lowest BCUT2D eigenvalue weighted by Crippen LogP contribution is -2.20. The molecule has 1 N–H and O–H groups in total. The Morgan fingerprint density at radius 1 is 1.12 bits per heavy atom. The number of aliphatic imine (C=N–C) groups is 1. The number of amides is 2. The Bertz CT molecular complexity index is 1290. The number of carbonyl (C=O) groups is 2. The minimum Gasteiger partial charge on any atom is -0.493 e. The molecule has 0 spiro atoms. The molecule has 0 atom stereocenters. The van der Waals surface area contributed by atoms with E-state index in [0.29, 0.717) is 43.6 Å². The van der Waals surface area contributed by atoms with Gasteiger partial charge in [-0.3, -0.25) is 9.59 Å². The number of carbonyl (C=O) groups excluding carboxylic acids is 2. The molecule has 1 heterocycles. The lowest BCUT2D eigenvalue weighted by atomic mass is 10.1. The van der Waals surface area contributed by atoms with E-state index in [0.717, 1.165) is 17.3 Å². The van der Waals surface area contributed by atoms with Crippen molar-refractivity contribution in [3.63, 3.8) is 0 Å². The second kappa shape index (κ2) is 10.9. The third-order valence-electron chi connectivity index (χ3n) is 4.75. The number of hydrogen-bond donors (Lipinski definition) is 1. The van der Waals surface area contributed by atoms with E-state index in [1.807, 2.05) is 18.2 Å². The van der Waals surface area contributed by atoms with Crippen LogP contribution in [-0.4, -0.2) is 24.1 Å². The van der Waals surface area contributed by atoms with Gasteiger partial charge in [-0.15, -0.1) is 0 Å². The quantitative estimate of drug-likeness (QED) is 0.371. The average Bonchev–Trinajstić information content (AvgIpc) is 3.18. The Morgan fingerprint density at radius 3 is 2.56 bits per heavy atom. The Kier molecular flexibility index (Phi) is 7.72. The summed E-state index contributed by atoms with van der Waals surface area (Å²) in [5.41, 5.74) is 2.12. The number of amidine groups is 1. The maximum absolute atomic E-state index is 12.5. The number of hydrogen-bond acceptors (Lipinski definition) is 5. The molecule has 1 aliphatic heterocycles. The first kappa shape index (κ1) is 24.1. The highest BCUT2D eigenvalue weighted by molar-refractivity contribution is 9.10. The van der Waals surface area contributed by atoms with Crippen molar-refractivity contribution < 1.29 is 19.1 Å². The molecule has 34 heavy (non-hydrogen) atoms. The van der Waals surface area contributed by atoms with Crippen LogP contribution in [0.15, 0.2) is 81.1 Å². The number of benzene rings is 3. The number of nitrogens with zero attached hydrogens (tertiary/aromatic N) is 1. The minimum absolute atomic E-state index is 0.233. The first-order valence-electron chi connectivity index (χ1n) is 10.1. The van der Waals surface area contributed by atoms with E-state index < -0.39 is 5.91 Å². The molecule has 0 bridgehead atoms. The highest BCUT2D eigenvalue weighted by Gasteiger charge is 2.25. The molecule has 0 unspecified atom stereocenters. The fourth-order valence-corrected chi connectivity index (χ4v) is 4.41. The first-order valence-corrected chi connectivity index (χ1v) is 12.1. The number of rotatable bonds is 6. The Morgan fingerprint density at radius 2 is 1.85 bits per heavy atom. The van der Waals surface area contributed by atoms with Crippen LogP contribution in [0.1, 0.15) is 21.5 Å². The summed E-state index contributed by atoms with van der Waals surface area (Å²) in [6, 6.07) is 19.6. The average molecular weight is 558 g/mol. The number of halogens is 2. The molecule has 1 aliphatic rings. The number of thioether (sulfide) groups is 1. The number of methoxy groups -OCH3 is 1. The molecule has 0 saturated carbocycles. The van der Waals surface area contributed by atoms with Gasteiger partial charge in [0.15, 0.2) is 16.7 Å². The highest BCUT2D eigenvalue weighted by atomic mass is 79.9. The monoisotopic (exact) mass is 556 g/mol. The van der Waals surface area contributed by atoms with Crippen LogP contribution in [0.2, 0.25) is 5.02 Å². The van der Waals surface area contributed by atoms with Crippen molar-refractivity contribution in [1.29, 1.82) is 0 Å². The van der Waals surface area contributed by atoms with E-state index in [2.05, 4.69) is 26.2 Å². The van der Waals surface area contributed by atoms with Crippen molar-refractivity contribution in [2.45, 2.75) is 6.61 Å². The van der Waals surface area contributed by atoms with E-state index in [1.54, 1.807) is 61.7 Å². The topological polar surface area (TPSA) is 77.0 Å². The molecule has 0 radical (unpaired) electrons. The van der Waals surface area contributed by atoms with Crippen molar-refractivity contribution in [3.8, 4) is 11.5 Å². The molecule has 0 aromatic heterocycles. The summed E-state index contributed by atoms with van der Waals surface area (Å²) in [7, 11) is 1.55. The normalized spacial score (nSPS) is 15.4. The fraction of sp³-hybridized carbons (Fsp3) is 0.0800. The van der Waals surface area contributed by atoms with Crippen LogP contribution in [0.25, 0.3) is 6.08 Å². The lowest BCUT2D eigenvalue weighted by molar-refractivity contribution is -0.115. The number of nitrogens with one attached hydrogen (secondary N) is 1. The van der Waals surface area contributed by atoms with E-state index in [9.17, 15) is 9.59 Å². The van der Waals surface area contributed by atoms with Gasteiger partial charge in [0.25, 0.3) is 11.8 Å². The molecule has 1 saturated heterocycles. The van der Waals surface area contributed by atoms with Crippen molar-refractivity contribution >= 4 is 62.4 Å². The molecule has 172 valence electrons. The third-order valence-corrected chi connectivity index (χ3v) is 6.60. The van der Waals surface area contributed by atoms with E-state index >= 15 is 0 Å². The SMILES string of the molecule is COc1cc(/C=C2\SC(=NC(=O)c3ccccc3)NC2=O)c(Br)cc1OCc1ccc(Cl)cc1. The smallest absolute Gasteiger partial charge is 0.279 e. The van der Waals surface area contributed by atoms with Gasteiger partial charge >= 0.3 is 0 Å². The second-order valence-electron chi connectivity index (χ2n) is 7.09. The summed E-state index contributed by atoms with van der Waals surface area (Å²) in [4.78, 5) is 29.2. The van der Waals surface area contributed by atoms with Crippen LogP contribution < -0.4 is 14.8 Å². The molecule has 1 fully saturated rings. The first-order chi connectivity index (χ1) is 16.4. The van der Waals surface area contributed by atoms with Gasteiger partial charge in [0, 0.05) is 15.1 Å². The van der Waals surface area contributed by atoms with Crippen LogP contribution in [0, 0.1) is 0 Å². The summed E-state index contributed by atoms with van der Waals surface area (Å²) in [5.74, 6) is 0.305. The van der Waals surface area contributed by atoms with Crippen molar-refractivity contribution in [2.75, 3.05) is 7.11 Å². The van der Waals surface area contributed by atoms with E-state index in [4.69, 9.17) is 21.1 Å². The summed E-state index contributed by atoms with van der Waals surface area (Å²) >= 11 is 10.6. The standard InChI is InChI=1S/C25H18BrClN2O4S/c1-32-20-11-17(19(26)13-21(20)33-14-15-7-9-18(27)10-8-15)12-22-24(31)29-25(34-22)28-23(30)16-5-3-2-4-6-16/h2-13H,14H2,1H3,(H,28,29,30,31)/b22-12-. The van der Waals surface area contributed by atoms with Crippen molar-refractivity contribution in [1.82, 2.24) is 5.32 Å². The highest BCUT2D eigenvalue weighted by Crippen LogP contribution is 2.37. The van der Waals surface area contributed by atoms with Crippen LogP contribution in [0.4, 0.5) is 0 Å². The zero-order valence-corrected chi connectivity index (χ0v) is 21.0. The molecule has 2 amide bonds. The van der Waals surface area contributed by atoms with E-state index in [-0.39, 0.29) is 11.1 Å². The molecule has 4 rings (SSSR count). The van der Waals surface area contributed by atoms with Gasteiger partial charge in [0.1, 0.15) is 6.61 Å². The minimum atomic E-state index is -0.422. The maximum Gasteiger partial charge on any atom is 0.279 e. The molecule has 3 aromatic carbocycles. The molecule has 0 aliphatic carbocycles. The Hall–Kier alpha value is -3.07. The van der Waals surface area contributed by atoms with Crippen LogP contribution in [-0.2, 0) is 11.4 Å². The van der Waals surface area contributed by atoms with Gasteiger partial charge in [-0.1, -0.05) is 57.9 Å². The summed E-state index contributed by atoms with van der Waals surface area (Å²) in [6.07, 6.45) is 1.70. The van der Waals surface area contributed by atoms with Gasteiger partial charge in [-0.25, -0.2) is 0 Å². The van der Waals surface area contributed by atoms with Gasteiger partial charge in [0.2, 0.25) is 0 Å². The van der Waals surface area contributed by atoms with E-state index in [1.165, 1.54) is 0 Å². The Balaban J connectivity index is 1.51. The zero-order chi connectivity index (χ0) is 24.1. The van der Waals surface area contributed by atoms with Gasteiger partial charge < -0.3 is 14.8 Å². The van der Waals surface area contributed by atoms with Crippen molar-refractivity contribution in [3.05, 3.63) is 97.8 Å². The third kappa shape index (κ3) is 5.88. The molecular formula is C25H18BrClN2O4S. The lowest BCUT2D eigenvalue weighted by Gasteiger charge is -2.13. The number of ether oxygens (including phenoxy) is 2. The predicted molar refractivity (Wildman–Crippen MR) is 138 cm³/mol. The van der Waals surface area contributed by atoms with Crippen LogP contribution >= 0.6 is 39.3 Å². The van der Waals surface area contributed by atoms with Crippen LogP contribution in [0.3, 0.4) is 0 Å². The summed E-state index contributed by atoms with van der Waals surface area (Å²) < 4.78 is 12.1. The van der Waals surface area contributed by atoms with Crippen LogP contribution in [0.5, 0.6) is 11.5 Å². The molecule has 6 nitrogen and oxygen atoms in total. The van der Waals surface area contributed by atoms with Gasteiger partial charge in [0.05, 0.1) is 12.0 Å². The molecular weight excluding hydrogens is 540 g/mol. The molecule has 9 heteroatoms. The van der Waals surface area contributed by atoms with Gasteiger partial charge in [-0.05, 0) is 65.4 Å². The predicted octanol–water partition coefficient (Wildman–Crippen LogP) is 6.09. The van der Waals surface area contributed by atoms with Crippen molar-refractivity contribution in [2.24, 2.45) is 4.99 Å².